The minimum Gasteiger partial charge on any atom is -0.453 e. The monoisotopic (exact) mass is 479 g/mol. The average Bonchev–Trinajstić information content (AvgIpc) is 3.62. The molecule has 0 radical (unpaired) electrons. The molecule has 3 heterocycles. The summed E-state index contributed by atoms with van der Waals surface area (Å²) in [5, 5.41) is 11.1. The fraction of sp³-hybridized carbons (Fsp3) is 0.480. The molecule has 1 unspecified atom stereocenters. The fourth-order valence-corrected chi connectivity index (χ4v) is 4.43. The lowest BCUT2D eigenvalue weighted by Gasteiger charge is -2.30. The molecule has 2 amide bonds. The molecule has 1 aliphatic heterocycles. The van der Waals surface area contributed by atoms with Gasteiger partial charge in [-0.05, 0) is 42.9 Å². The van der Waals surface area contributed by atoms with Gasteiger partial charge in [0.05, 0.1) is 42.6 Å². The number of methoxy groups -OCH3 is 1. The maximum atomic E-state index is 13.3. The highest BCUT2D eigenvalue weighted by molar-refractivity contribution is 5.86. The summed E-state index contributed by atoms with van der Waals surface area (Å²) in [6.07, 6.45) is 6.78. The third-order valence-electron chi connectivity index (χ3n) is 6.33. The van der Waals surface area contributed by atoms with Gasteiger partial charge in [-0.2, -0.15) is 0 Å². The number of hydrogen-bond acceptors (Lipinski definition) is 6. The first-order chi connectivity index (χ1) is 16.9. The Bertz CT molecular complexity index is 1150. The molecule has 0 bridgehead atoms. The van der Waals surface area contributed by atoms with E-state index >= 15 is 0 Å². The first-order valence-corrected chi connectivity index (χ1v) is 12.1. The van der Waals surface area contributed by atoms with Gasteiger partial charge < -0.3 is 19.9 Å². The van der Waals surface area contributed by atoms with Crippen molar-refractivity contribution in [3.05, 3.63) is 48.2 Å². The van der Waals surface area contributed by atoms with Crippen LogP contribution in [0.1, 0.15) is 57.6 Å². The lowest BCUT2D eigenvalue weighted by molar-refractivity contribution is -0.135. The number of nitrogens with one attached hydrogen (secondary N) is 2. The van der Waals surface area contributed by atoms with E-state index in [1.165, 1.54) is 7.11 Å². The minimum atomic E-state index is -0.653. The third-order valence-corrected chi connectivity index (χ3v) is 6.33. The summed E-state index contributed by atoms with van der Waals surface area (Å²) >= 11 is 0. The molecule has 4 rings (SSSR count). The molecule has 2 atom stereocenters. The standard InChI is InChI=1S/C25H33N7O3/c1-5-7-18-15-32(30-29-18)19-11-9-17(10-12-19)20-14-26-23(27-20)21-8-6-13-31(21)24(33)22(16(2)3)28-25(34)35-4/h9-12,14-16,21-22H,5-8,13H2,1-4H3,(H,26,27)(H,28,34)/t21?,22-/m0/s1. The van der Waals surface area contributed by atoms with E-state index in [0.29, 0.717) is 6.54 Å². The Kier molecular flexibility index (Phi) is 7.48. The first-order valence-electron chi connectivity index (χ1n) is 12.1. The van der Waals surface area contributed by atoms with Gasteiger partial charge in [-0.25, -0.2) is 14.5 Å². The Morgan fingerprint density at radius 3 is 2.71 bits per heavy atom. The topological polar surface area (TPSA) is 118 Å². The predicted molar refractivity (Wildman–Crippen MR) is 131 cm³/mol. The molecule has 0 saturated carbocycles. The average molecular weight is 480 g/mol. The SMILES string of the molecule is CCCc1cn(-c2ccc(-c3cnc(C4CCCN4C(=O)[C@@H](NC(=O)OC)C(C)C)[nH]3)cc2)nn1. The molecular formula is C25H33N7O3. The van der Waals surface area contributed by atoms with Crippen LogP contribution in [0, 0.1) is 5.92 Å². The minimum absolute atomic E-state index is 0.0726. The number of hydrogen-bond donors (Lipinski definition) is 2. The number of carbonyl (C=O) groups excluding carboxylic acids is 2. The zero-order chi connectivity index (χ0) is 24.9. The molecule has 0 aliphatic carbocycles. The number of alkyl carbamates (subject to hydrolysis) is 1. The predicted octanol–water partition coefficient (Wildman–Crippen LogP) is 3.65. The van der Waals surface area contributed by atoms with E-state index in [0.717, 1.165) is 54.1 Å². The molecular weight excluding hydrogens is 446 g/mol. The molecule has 2 aromatic heterocycles. The van der Waals surface area contributed by atoms with Gasteiger partial charge in [0.2, 0.25) is 5.91 Å². The fourth-order valence-electron chi connectivity index (χ4n) is 4.43. The van der Waals surface area contributed by atoms with Crippen LogP contribution in [-0.4, -0.2) is 61.6 Å². The summed E-state index contributed by atoms with van der Waals surface area (Å²) in [7, 11) is 1.29. The van der Waals surface area contributed by atoms with E-state index in [-0.39, 0.29) is 17.9 Å². The second-order valence-electron chi connectivity index (χ2n) is 9.18. The van der Waals surface area contributed by atoms with E-state index < -0.39 is 12.1 Å². The highest BCUT2D eigenvalue weighted by Crippen LogP contribution is 2.32. The van der Waals surface area contributed by atoms with Crippen LogP contribution in [-0.2, 0) is 16.0 Å². The van der Waals surface area contributed by atoms with Crippen molar-refractivity contribution in [3.8, 4) is 16.9 Å². The third kappa shape index (κ3) is 5.36. The zero-order valence-corrected chi connectivity index (χ0v) is 20.7. The van der Waals surface area contributed by atoms with Crippen LogP contribution in [0.2, 0.25) is 0 Å². The molecule has 35 heavy (non-hydrogen) atoms. The van der Waals surface area contributed by atoms with E-state index in [1.54, 1.807) is 10.9 Å². The highest BCUT2D eigenvalue weighted by atomic mass is 16.5. The Labute approximate surface area is 205 Å². The van der Waals surface area contributed by atoms with Crippen molar-refractivity contribution in [1.29, 1.82) is 0 Å². The number of amides is 2. The van der Waals surface area contributed by atoms with Gasteiger partial charge in [0.25, 0.3) is 0 Å². The van der Waals surface area contributed by atoms with Crippen LogP contribution in [0.25, 0.3) is 16.9 Å². The van der Waals surface area contributed by atoms with E-state index in [9.17, 15) is 9.59 Å². The number of imidazole rings is 1. The van der Waals surface area contributed by atoms with Crippen LogP contribution in [0.5, 0.6) is 0 Å². The van der Waals surface area contributed by atoms with Crippen molar-refractivity contribution in [1.82, 2.24) is 35.2 Å². The van der Waals surface area contributed by atoms with Crippen LogP contribution >= 0.6 is 0 Å². The number of H-pyrrole nitrogens is 1. The number of rotatable bonds is 8. The van der Waals surface area contributed by atoms with Gasteiger partial charge in [0.1, 0.15) is 11.9 Å². The highest BCUT2D eigenvalue weighted by Gasteiger charge is 2.37. The summed E-state index contributed by atoms with van der Waals surface area (Å²) in [6, 6.07) is 7.21. The number of aromatic nitrogens is 5. The van der Waals surface area contributed by atoms with Crippen molar-refractivity contribution in [2.75, 3.05) is 13.7 Å². The molecule has 1 aromatic carbocycles. The summed E-state index contributed by atoms with van der Waals surface area (Å²) < 4.78 is 6.49. The second kappa shape index (κ2) is 10.7. The van der Waals surface area contributed by atoms with E-state index in [4.69, 9.17) is 4.74 Å². The zero-order valence-electron chi connectivity index (χ0n) is 20.7. The summed E-state index contributed by atoms with van der Waals surface area (Å²) in [4.78, 5) is 34.9. The van der Waals surface area contributed by atoms with Crippen LogP contribution < -0.4 is 5.32 Å². The van der Waals surface area contributed by atoms with E-state index in [1.807, 2.05) is 49.2 Å². The number of aryl methyl sites for hydroxylation is 1. The van der Waals surface area contributed by atoms with Gasteiger partial charge in [0, 0.05) is 6.54 Å². The smallest absolute Gasteiger partial charge is 0.407 e. The molecule has 1 fully saturated rings. The molecule has 1 saturated heterocycles. The Morgan fingerprint density at radius 1 is 1.26 bits per heavy atom. The normalized spacial score (nSPS) is 16.5. The number of benzene rings is 1. The maximum Gasteiger partial charge on any atom is 0.407 e. The summed E-state index contributed by atoms with van der Waals surface area (Å²) in [5.41, 5.74) is 3.79. The Morgan fingerprint density at radius 2 is 2.03 bits per heavy atom. The molecule has 10 nitrogen and oxygen atoms in total. The number of carbonyl (C=O) groups is 2. The van der Waals surface area contributed by atoms with Gasteiger partial charge in [0.15, 0.2) is 0 Å². The lowest BCUT2D eigenvalue weighted by atomic mass is 10.0. The van der Waals surface area contributed by atoms with Gasteiger partial charge in [-0.1, -0.05) is 44.5 Å². The van der Waals surface area contributed by atoms with Crippen LogP contribution in [0.4, 0.5) is 4.79 Å². The van der Waals surface area contributed by atoms with Gasteiger partial charge in [-0.3, -0.25) is 4.79 Å². The lowest BCUT2D eigenvalue weighted by Crippen LogP contribution is -2.51. The van der Waals surface area contributed by atoms with Crippen molar-refractivity contribution in [2.45, 2.75) is 58.5 Å². The number of ether oxygens (including phenoxy) is 1. The summed E-state index contributed by atoms with van der Waals surface area (Å²) in [6.45, 7) is 6.55. The van der Waals surface area contributed by atoms with Crippen molar-refractivity contribution in [2.24, 2.45) is 5.92 Å². The molecule has 2 N–H and O–H groups in total. The Hall–Kier alpha value is -3.69. The summed E-state index contributed by atoms with van der Waals surface area (Å²) in [5.74, 6) is 0.554. The number of aromatic amines is 1. The molecule has 186 valence electrons. The number of nitrogens with zero attached hydrogens (tertiary/aromatic N) is 5. The van der Waals surface area contributed by atoms with Gasteiger partial charge >= 0.3 is 6.09 Å². The Balaban J connectivity index is 1.49. The van der Waals surface area contributed by atoms with Crippen molar-refractivity contribution in [3.63, 3.8) is 0 Å². The number of likely N-dealkylation sites (tertiary alicyclic amines) is 1. The maximum absolute atomic E-state index is 13.3. The van der Waals surface area contributed by atoms with Gasteiger partial charge in [-0.15, -0.1) is 5.10 Å². The molecule has 10 heteroatoms. The first kappa shape index (κ1) is 24.4. The van der Waals surface area contributed by atoms with Crippen LogP contribution in [0.15, 0.2) is 36.7 Å². The van der Waals surface area contributed by atoms with Crippen molar-refractivity contribution >= 4 is 12.0 Å². The molecule has 0 spiro atoms. The van der Waals surface area contributed by atoms with Crippen LogP contribution in [0.3, 0.4) is 0 Å². The molecule has 3 aromatic rings. The largest absolute Gasteiger partial charge is 0.453 e. The quantitative estimate of drug-likeness (QED) is 0.509. The second-order valence-corrected chi connectivity index (χ2v) is 9.18. The van der Waals surface area contributed by atoms with E-state index in [2.05, 4.69) is 32.5 Å². The molecule has 1 aliphatic rings. The van der Waals surface area contributed by atoms with Crippen molar-refractivity contribution < 1.29 is 14.3 Å².